The van der Waals surface area contributed by atoms with Crippen LogP contribution in [0.5, 0.6) is 0 Å². The fourth-order valence-electron chi connectivity index (χ4n) is 2.63. The summed E-state index contributed by atoms with van der Waals surface area (Å²) in [6, 6.07) is 0. The number of rotatable bonds is 5. The van der Waals surface area contributed by atoms with Crippen LogP contribution < -0.4 is 0 Å². The zero-order valence-electron chi connectivity index (χ0n) is 13.8. The second-order valence-corrected chi connectivity index (χ2v) is 5.80. The molecule has 2 aliphatic heterocycles. The molecule has 160 valence electrons. The molecule has 27 heavy (non-hydrogen) atoms. The number of hydrogen-bond donors (Lipinski definition) is 9. The molecule has 0 aliphatic carbocycles. The van der Waals surface area contributed by atoms with Crippen LogP contribution in [0.3, 0.4) is 0 Å². The average Bonchev–Trinajstić information content (AvgIpc) is 2.86. The Balaban J connectivity index is 0.000000828. The first-order chi connectivity index (χ1) is 12.5. The third kappa shape index (κ3) is 5.18. The molecule has 9 N–H and O–H groups in total. The van der Waals surface area contributed by atoms with Gasteiger partial charge in [0.05, 0.1) is 13.2 Å². The Morgan fingerprint density at radius 3 is 1.85 bits per heavy atom. The second-order valence-electron chi connectivity index (χ2n) is 5.80. The molecule has 2 rings (SSSR count). The van der Waals surface area contributed by atoms with Crippen molar-refractivity contribution in [3.63, 3.8) is 0 Å². The lowest BCUT2D eigenvalue weighted by molar-refractivity contribution is -0.742. The fraction of sp³-hybridized carbons (Fsp3) is 1.00. The summed E-state index contributed by atoms with van der Waals surface area (Å²) in [7, 11) is 0. The van der Waals surface area contributed by atoms with Gasteiger partial charge in [-0.2, -0.15) is 0 Å². The van der Waals surface area contributed by atoms with Gasteiger partial charge in [0.2, 0.25) is 5.79 Å². The van der Waals surface area contributed by atoms with Crippen molar-refractivity contribution in [1.82, 2.24) is 0 Å². The number of nitrogens with zero attached hydrogens (tertiary/aromatic N) is 1. The van der Waals surface area contributed by atoms with Gasteiger partial charge in [-0.05, 0) is 0 Å². The average molecular weight is 405 g/mol. The third-order valence-corrected chi connectivity index (χ3v) is 4.07. The predicted octanol–water partition coefficient (Wildman–Crippen LogP) is -5.74. The monoisotopic (exact) mass is 405 g/mol. The van der Waals surface area contributed by atoms with Gasteiger partial charge in [0.15, 0.2) is 6.29 Å². The van der Waals surface area contributed by atoms with Gasteiger partial charge in [0, 0.05) is 0 Å². The molecule has 0 saturated carbocycles. The van der Waals surface area contributed by atoms with Crippen molar-refractivity contribution in [2.45, 2.75) is 54.8 Å². The van der Waals surface area contributed by atoms with Crippen molar-refractivity contribution < 1.29 is 65.4 Å². The van der Waals surface area contributed by atoms with E-state index in [1.807, 2.05) is 0 Å². The highest BCUT2D eigenvalue weighted by Crippen LogP contribution is 2.35. The van der Waals surface area contributed by atoms with Gasteiger partial charge in [-0.1, -0.05) is 0 Å². The number of aliphatic hydroxyl groups is 8. The number of hydrogen-bond acceptors (Lipinski definition) is 13. The fourth-order valence-corrected chi connectivity index (χ4v) is 2.63. The minimum absolute atomic E-state index is 0.669. The van der Waals surface area contributed by atoms with Crippen LogP contribution in [0.15, 0.2) is 0 Å². The molecule has 2 heterocycles. The van der Waals surface area contributed by atoms with E-state index in [2.05, 4.69) is 0 Å². The molecule has 15 heteroatoms. The van der Waals surface area contributed by atoms with Crippen LogP contribution in [0.1, 0.15) is 0 Å². The molecular formula is C12H23NO14. The van der Waals surface area contributed by atoms with Crippen LogP contribution in [0.4, 0.5) is 0 Å². The highest BCUT2D eigenvalue weighted by atomic mass is 16.9. The van der Waals surface area contributed by atoms with Crippen molar-refractivity contribution in [2.24, 2.45) is 0 Å². The van der Waals surface area contributed by atoms with Gasteiger partial charge in [0.1, 0.15) is 49.3 Å². The third-order valence-electron chi connectivity index (χ3n) is 4.07. The van der Waals surface area contributed by atoms with Gasteiger partial charge in [0.25, 0.3) is 5.09 Å². The normalized spacial score (nSPS) is 44.4. The van der Waals surface area contributed by atoms with Crippen molar-refractivity contribution in [1.29, 1.82) is 0 Å². The first-order valence-electron chi connectivity index (χ1n) is 7.61. The summed E-state index contributed by atoms with van der Waals surface area (Å²) in [5.74, 6) is -2.22. The molecule has 0 spiro atoms. The molecule has 2 aliphatic rings. The molecule has 0 bridgehead atoms. The number of aliphatic hydroxyl groups excluding tert-OH is 8. The maximum absolute atomic E-state index is 10.00. The van der Waals surface area contributed by atoms with E-state index < -0.39 is 79.7 Å². The SMILES string of the molecule is O=[N+]([O-])O.OC[C@H]1O[C@@](CO)(O[C@H]2O[C@H](CO)[C@@H](O)[C@H](O)[C@H]2O)[C@@H](O)[C@@H]1O. The van der Waals surface area contributed by atoms with Crippen LogP contribution in [-0.2, 0) is 14.2 Å². The van der Waals surface area contributed by atoms with Gasteiger partial charge in [-0.3, -0.25) is 0 Å². The Morgan fingerprint density at radius 2 is 1.44 bits per heavy atom. The van der Waals surface area contributed by atoms with Crippen LogP contribution in [0.2, 0.25) is 0 Å². The maximum Gasteiger partial charge on any atom is 0.291 e. The molecule has 0 amide bonds. The Kier molecular flexibility index (Phi) is 8.64. The Morgan fingerprint density at radius 1 is 0.926 bits per heavy atom. The van der Waals surface area contributed by atoms with Gasteiger partial charge < -0.3 is 60.3 Å². The first kappa shape index (κ1) is 23.8. The molecule has 2 saturated heterocycles. The molecule has 0 radical (unpaired) electrons. The lowest BCUT2D eigenvalue weighted by Gasteiger charge is -2.43. The zero-order chi connectivity index (χ0) is 20.9. The van der Waals surface area contributed by atoms with Gasteiger partial charge in [-0.25, -0.2) is 0 Å². The van der Waals surface area contributed by atoms with E-state index >= 15 is 0 Å². The summed E-state index contributed by atoms with van der Waals surface area (Å²) < 4.78 is 15.4. The molecule has 0 aromatic heterocycles. The van der Waals surface area contributed by atoms with Crippen molar-refractivity contribution in [3.05, 3.63) is 10.1 Å². The number of ether oxygens (including phenoxy) is 3. The lowest BCUT2D eigenvalue weighted by Crippen LogP contribution is -2.62. The maximum atomic E-state index is 10.00. The van der Waals surface area contributed by atoms with Crippen molar-refractivity contribution in [3.8, 4) is 0 Å². The standard InChI is InChI=1S/C12H22O11.HNO3/c13-1-4-6(16)8(18)9(19)11(21-4)23-12(3-15)10(20)7(17)5(2-14)22-12;2-1(3)4/h4-11,13-20H,1-3H2;(H,2,3,4)/t4-,5-,6-,7-,8+,9-,10+,11-,12+;/m1./s1. The molecule has 9 atom stereocenters. The molecule has 0 unspecified atom stereocenters. The summed E-state index contributed by atoms with van der Waals surface area (Å²) in [5.41, 5.74) is 0. The molecule has 0 aromatic rings. The topological polar surface area (TPSA) is 253 Å². The first-order valence-corrected chi connectivity index (χ1v) is 7.61. The van der Waals surface area contributed by atoms with E-state index in [-0.39, 0.29) is 0 Å². The Labute approximate surface area is 151 Å². The highest BCUT2D eigenvalue weighted by molar-refractivity contribution is 4.98. The summed E-state index contributed by atoms with van der Waals surface area (Å²) in [5, 5.41) is 90.3. The summed E-state index contributed by atoms with van der Waals surface area (Å²) in [6.07, 6.45) is -12.7. The largest absolute Gasteiger partial charge is 0.394 e. The van der Waals surface area contributed by atoms with Crippen LogP contribution in [0.25, 0.3) is 0 Å². The minimum Gasteiger partial charge on any atom is -0.394 e. The van der Waals surface area contributed by atoms with E-state index in [1.165, 1.54) is 0 Å². The van der Waals surface area contributed by atoms with E-state index in [0.717, 1.165) is 0 Å². The summed E-state index contributed by atoms with van der Waals surface area (Å²) in [4.78, 5) is 8.36. The molecule has 15 nitrogen and oxygen atoms in total. The van der Waals surface area contributed by atoms with E-state index in [9.17, 15) is 30.6 Å². The lowest BCUT2D eigenvalue weighted by atomic mass is 9.99. The predicted molar refractivity (Wildman–Crippen MR) is 77.4 cm³/mol. The molecular weight excluding hydrogens is 382 g/mol. The second kappa shape index (κ2) is 9.80. The Bertz CT molecular complexity index is 475. The van der Waals surface area contributed by atoms with Gasteiger partial charge in [-0.15, -0.1) is 10.1 Å². The van der Waals surface area contributed by atoms with E-state index in [0.29, 0.717) is 0 Å². The quantitative estimate of drug-likeness (QED) is 0.153. The van der Waals surface area contributed by atoms with Gasteiger partial charge >= 0.3 is 0 Å². The molecule has 2 fully saturated rings. The van der Waals surface area contributed by atoms with Crippen LogP contribution in [0, 0.1) is 10.1 Å². The summed E-state index contributed by atoms with van der Waals surface area (Å²) >= 11 is 0. The highest BCUT2D eigenvalue weighted by Gasteiger charge is 2.58. The minimum atomic E-state index is -2.22. The zero-order valence-corrected chi connectivity index (χ0v) is 13.8. The van der Waals surface area contributed by atoms with Crippen LogP contribution >= 0.6 is 0 Å². The van der Waals surface area contributed by atoms with E-state index in [4.69, 9.17) is 39.7 Å². The van der Waals surface area contributed by atoms with Crippen LogP contribution in [-0.4, -0.2) is 126 Å². The van der Waals surface area contributed by atoms with E-state index in [1.54, 1.807) is 0 Å². The van der Waals surface area contributed by atoms with Crippen molar-refractivity contribution >= 4 is 0 Å². The summed E-state index contributed by atoms with van der Waals surface area (Å²) in [6.45, 7) is -2.32. The Hall–Kier alpha value is -1.24. The van der Waals surface area contributed by atoms with Crippen molar-refractivity contribution in [2.75, 3.05) is 19.8 Å². The molecule has 0 aromatic carbocycles. The smallest absolute Gasteiger partial charge is 0.291 e.